The number of nitrogens with zero attached hydrogens (tertiary/aromatic N) is 1. The van der Waals surface area contributed by atoms with Crippen LogP contribution in [0.2, 0.25) is 0 Å². The first-order chi connectivity index (χ1) is 10.2. The summed E-state index contributed by atoms with van der Waals surface area (Å²) >= 11 is 0. The van der Waals surface area contributed by atoms with Gasteiger partial charge in [-0.05, 0) is 32.5 Å². The summed E-state index contributed by atoms with van der Waals surface area (Å²) in [5, 5.41) is 7.33. The zero-order valence-corrected chi connectivity index (χ0v) is 12.6. The van der Waals surface area contributed by atoms with E-state index in [2.05, 4.69) is 23.5 Å². The molecule has 112 valence electrons. The molecular formula is C16H20N2O3. The van der Waals surface area contributed by atoms with Gasteiger partial charge in [-0.3, -0.25) is 0 Å². The van der Waals surface area contributed by atoms with E-state index in [0.717, 1.165) is 35.1 Å². The summed E-state index contributed by atoms with van der Waals surface area (Å²) in [4.78, 5) is 0. The number of nitrogens with one attached hydrogen (secondary N) is 1. The summed E-state index contributed by atoms with van der Waals surface area (Å²) in [5.41, 5.74) is 3.07. The van der Waals surface area contributed by atoms with Crippen molar-refractivity contribution in [2.45, 2.75) is 33.4 Å². The minimum atomic E-state index is 0.279. The minimum Gasteiger partial charge on any atom is -0.491 e. The maximum atomic E-state index is 5.83. The summed E-state index contributed by atoms with van der Waals surface area (Å²) in [6.45, 7) is 7.97. The third-order valence-electron chi connectivity index (χ3n) is 3.78. The van der Waals surface area contributed by atoms with Crippen LogP contribution < -0.4 is 14.8 Å². The highest BCUT2D eigenvalue weighted by Crippen LogP contribution is 2.35. The lowest BCUT2D eigenvalue weighted by molar-refractivity contribution is 0.294. The third-order valence-corrected chi connectivity index (χ3v) is 3.78. The molecule has 0 saturated carbocycles. The van der Waals surface area contributed by atoms with Gasteiger partial charge >= 0.3 is 0 Å². The first kappa shape index (κ1) is 13.9. The van der Waals surface area contributed by atoms with Gasteiger partial charge in [0.1, 0.15) is 30.5 Å². The fourth-order valence-corrected chi connectivity index (χ4v) is 2.56. The summed E-state index contributed by atoms with van der Waals surface area (Å²) in [5.74, 6) is 2.50. The van der Waals surface area contributed by atoms with E-state index in [0.29, 0.717) is 13.2 Å². The molecule has 5 heteroatoms. The van der Waals surface area contributed by atoms with Crippen LogP contribution in [0.25, 0.3) is 0 Å². The average molecular weight is 288 g/mol. The molecule has 1 unspecified atom stereocenters. The molecular weight excluding hydrogens is 268 g/mol. The lowest BCUT2D eigenvalue weighted by atomic mass is 10.1. The molecule has 1 atom stereocenters. The highest BCUT2D eigenvalue weighted by atomic mass is 16.5. The highest BCUT2D eigenvalue weighted by Gasteiger charge is 2.23. The molecule has 0 amide bonds. The van der Waals surface area contributed by atoms with E-state index in [-0.39, 0.29) is 6.04 Å². The molecule has 0 spiro atoms. The summed E-state index contributed by atoms with van der Waals surface area (Å²) in [6.07, 6.45) is 0. The Balaban J connectivity index is 1.71. The maximum Gasteiger partial charge on any atom is 0.140 e. The fourth-order valence-electron chi connectivity index (χ4n) is 2.56. The molecule has 0 aliphatic carbocycles. The van der Waals surface area contributed by atoms with Gasteiger partial charge in [-0.15, -0.1) is 0 Å². The number of benzene rings is 1. The van der Waals surface area contributed by atoms with Crippen molar-refractivity contribution >= 4 is 0 Å². The van der Waals surface area contributed by atoms with Crippen molar-refractivity contribution in [3.8, 4) is 11.5 Å². The van der Waals surface area contributed by atoms with E-state index in [1.54, 1.807) is 0 Å². The summed E-state index contributed by atoms with van der Waals surface area (Å²) < 4.78 is 16.7. The van der Waals surface area contributed by atoms with E-state index < -0.39 is 0 Å². The number of likely N-dealkylation sites (N-methyl/N-ethyl adjacent to an activating group) is 1. The predicted octanol–water partition coefficient (Wildman–Crippen LogP) is 2.91. The smallest absolute Gasteiger partial charge is 0.140 e. The van der Waals surface area contributed by atoms with Gasteiger partial charge in [-0.1, -0.05) is 12.1 Å². The molecule has 0 radical (unpaired) electrons. The van der Waals surface area contributed by atoms with E-state index in [9.17, 15) is 0 Å². The van der Waals surface area contributed by atoms with Crippen LogP contribution in [-0.4, -0.2) is 18.3 Å². The number of rotatable bonds is 5. The van der Waals surface area contributed by atoms with E-state index in [4.69, 9.17) is 14.0 Å². The second-order valence-corrected chi connectivity index (χ2v) is 5.21. The van der Waals surface area contributed by atoms with Gasteiger partial charge in [0.2, 0.25) is 0 Å². The van der Waals surface area contributed by atoms with Crippen molar-refractivity contribution in [2.75, 3.05) is 13.2 Å². The molecule has 1 aliphatic heterocycles. The molecule has 0 fully saturated rings. The molecule has 1 aromatic heterocycles. The summed E-state index contributed by atoms with van der Waals surface area (Å²) in [6, 6.07) is 6.28. The number of ether oxygens (including phenoxy) is 2. The third kappa shape index (κ3) is 2.74. The standard InChI is InChI=1S/C16H20N2O3/c1-4-17-15-9-20-16-7-12(5-6-13(15)16)19-8-14-10(2)18-21-11(14)3/h5-7,15,17H,4,8-9H2,1-3H3. The van der Waals surface area contributed by atoms with Crippen LogP contribution in [0.15, 0.2) is 22.7 Å². The van der Waals surface area contributed by atoms with E-state index in [1.807, 2.05) is 26.0 Å². The normalized spacial score (nSPS) is 16.6. The predicted molar refractivity (Wildman–Crippen MR) is 78.7 cm³/mol. The van der Waals surface area contributed by atoms with Crippen molar-refractivity contribution in [3.05, 3.63) is 40.8 Å². The Bertz CT molecular complexity index is 617. The van der Waals surface area contributed by atoms with Crippen LogP contribution in [0.1, 0.15) is 35.5 Å². The van der Waals surface area contributed by atoms with Crippen molar-refractivity contribution in [1.82, 2.24) is 10.5 Å². The minimum absolute atomic E-state index is 0.279. The van der Waals surface area contributed by atoms with Crippen LogP contribution in [-0.2, 0) is 6.61 Å². The Labute approximate surface area is 124 Å². The Hall–Kier alpha value is -2.01. The molecule has 1 aromatic carbocycles. The molecule has 1 N–H and O–H groups in total. The van der Waals surface area contributed by atoms with Gasteiger partial charge in [-0.2, -0.15) is 0 Å². The maximum absolute atomic E-state index is 5.83. The number of aromatic nitrogens is 1. The van der Waals surface area contributed by atoms with Gasteiger partial charge in [0.15, 0.2) is 0 Å². The lowest BCUT2D eigenvalue weighted by Gasteiger charge is -2.10. The van der Waals surface area contributed by atoms with Crippen molar-refractivity contribution < 1.29 is 14.0 Å². The van der Waals surface area contributed by atoms with Crippen molar-refractivity contribution in [3.63, 3.8) is 0 Å². The van der Waals surface area contributed by atoms with Crippen LogP contribution >= 0.6 is 0 Å². The lowest BCUT2D eigenvalue weighted by Crippen LogP contribution is -2.21. The Kier molecular flexibility index (Phi) is 3.84. The largest absolute Gasteiger partial charge is 0.491 e. The first-order valence-corrected chi connectivity index (χ1v) is 7.23. The molecule has 0 saturated heterocycles. The van der Waals surface area contributed by atoms with Crippen LogP contribution in [0.5, 0.6) is 11.5 Å². The summed E-state index contributed by atoms with van der Waals surface area (Å²) in [7, 11) is 0. The fraction of sp³-hybridized carbons (Fsp3) is 0.438. The SMILES string of the molecule is CCNC1COc2cc(OCc3c(C)noc3C)ccc21. The monoisotopic (exact) mass is 288 g/mol. The van der Waals surface area contributed by atoms with Crippen LogP contribution in [0.3, 0.4) is 0 Å². The molecule has 2 aromatic rings. The quantitative estimate of drug-likeness (QED) is 0.916. The molecule has 3 rings (SSSR count). The number of aryl methyl sites for hydroxylation is 2. The van der Waals surface area contributed by atoms with Gasteiger partial charge < -0.3 is 19.3 Å². The highest BCUT2D eigenvalue weighted by molar-refractivity contribution is 5.45. The van der Waals surface area contributed by atoms with Crippen LogP contribution in [0, 0.1) is 13.8 Å². The second kappa shape index (κ2) is 5.77. The molecule has 1 aliphatic rings. The van der Waals surface area contributed by atoms with Gasteiger partial charge in [0.25, 0.3) is 0 Å². The van der Waals surface area contributed by atoms with Crippen molar-refractivity contribution in [1.29, 1.82) is 0 Å². The van der Waals surface area contributed by atoms with Crippen LogP contribution in [0.4, 0.5) is 0 Å². The van der Waals surface area contributed by atoms with Gasteiger partial charge in [0.05, 0.1) is 17.3 Å². The van der Waals surface area contributed by atoms with E-state index in [1.165, 1.54) is 5.56 Å². The first-order valence-electron chi connectivity index (χ1n) is 7.23. The molecule has 5 nitrogen and oxygen atoms in total. The Morgan fingerprint density at radius 1 is 1.38 bits per heavy atom. The zero-order chi connectivity index (χ0) is 14.8. The number of fused-ring (bicyclic) bond motifs is 1. The Morgan fingerprint density at radius 2 is 2.24 bits per heavy atom. The molecule has 0 bridgehead atoms. The number of hydrogen-bond acceptors (Lipinski definition) is 5. The molecule has 21 heavy (non-hydrogen) atoms. The second-order valence-electron chi connectivity index (χ2n) is 5.21. The number of hydrogen-bond donors (Lipinski definition) is 1. The van der Waals surface area contributed by atoms with Gasteiger partial charge in [-0.25, -0.2) is 0 Å². The average Bonchev–Trinajstić information content (AvgIpc) is 3.02. The zero-order valence-electron chi connectivity index (χ0n) is 12.6. The Morgan fingerprint density at radius 3 is 2.95 bits per heavy atom. The topological polar surface area (TPSA) is 56.5 Å². The molecule has 2 heterocycles. The van der Waals surface area contributed by atoms with Gasteiger partial charge in [0, 0.05) is 11.6 Å². The van der Waals surface area contributed by atoms with Crippen molar-refractivity contribution in [2.24, 2.45) is 0 Å². The van der Waals surface area contributed by atoms with E-state index >= 15 is 0 Å².